The maximum Gasteiger partial charge on any atom is 0.268 e. The zero-order valence-corrected chi connectivity index (χ0v) is 41.3. The molecular formula is C65H48N4OPt-2. The van der Waals surface area contributed by atoms with Gasteiger partial charge in [-0.1, -0.05) is 184 Å². The molecule has 0 fully saturated rings. The number of aryl methyl sites for hydroxylation is 1. The van der Waals surface area contributed by atoms with Crippen LogP contribution in [0.1, 0.15) is 45.6 Å². The van der Waals surface area contributed by atoms with E-state index < -0.39 is 60.4 Å². The van der Waals surface area contributed by atoms with E-state index >= 15 is 0 Å². The minimum Gasteiger partial charge on any atom is -0.510 e. The Morgan fingerprint density at radius 2 is 1.23 bits per heavy atom. The van der Waals surface area contributed by atoms with E-state index in [1.165, 1.54) is 5.56 Å². The Bertz CT molecular complexity index is 4390. The first-order valence-electron chi connectivity index (χ1n) is 28.0. The van der Waals surface area contributed by atoms with Crippen LogP contribution in [0, 0.1) is 25.4 Å². The number of hydrogen-bond donors (Lipinski definition) is 0. The summed E-state index contributed by atoms with van der Waals surface area (Å²) in [6, 6.07) is 50.4. The fourth-order valence-electron chi connectivity index (χ4n) is 9.26. The van der Waals surface area contributed by atoms with E-state index in [2.05, 4.69) is 93.2 Å². The van der Waals surface area contributed by atoms with Crippen molar-refractivity contribution in [3.05, 3.63) is 248 Å². The third kappa shape index (κ3) is 8.47. The number of ether oxygens (including phenoxy) is 1. The maximum absolute atomic E-state index is 9.18. The van der Waals surface area contributed by atoms with E-state index in [1.807, 2.05) is 91.1 Å². The van der Waals surface area contributed by atoms with E-state index in [1.54, 1.807) is 33.4 Å². The van der Waals surface area contributed by atoms with Crippen molar-refractivity contribution in [2.45, 2.75) is 33.1 Å². The number of nitrogens with zero attached hydrogens (tertiary/aromatic N) is 4. The monoisotopic (exact) mass is 1110 g/mol. The third-order valence-corrected chi connectivity index (χ3v) is 12.7. The number of benzene rings is 9. The summed E-state index contributed by atoms with van der Waals surface area (Å²) in [6.07, 6.45) is 5.34. The van der Waals surface area contributed by atoms with Crippen LogP contribution >= 0.6 is 0 Å². The molecule has 0 radical (unpaired) electrons. The Kier molecular flexibility index (Phi) is 9.21. The molecule has 0 saturated heterocycles. The maximum atomic E-state index is 9.18. The molecule has 0 aliphatic rings. The largest absolute Gasteiger partial charge is 0.510 e. The second-order valence-electron chi connectivity index (χ2n) is 18.2. The van der Waals surface area contributed by atoms with Crippen LogP contribution < -0.4 is 9.30 Å². The van der Waals surface area contributed by atoms with Crippen molar-refractivity contribution in [3.63, 3.8) is 0 Å². The van der Waals surface area contributed by atoms with Crippen molar-refractivity contribution in [3.8, 4) is 73.2 Å². The van der Waals surface area contributed by atoms with Crippen molar-refractivity contribution < 1.29 is 44.1 Å². The second-order valence-corrected chi connectivity index (χ2v) is 18.2. The van der Waals surface area contributed by atoms with Crippen molar-refractivity contribution in [1.29, 1.82) is 0 Å². The number of imidazole rings is 1. The van der Waals surface area contributed by atoms with Gasteiger partial charge in [0.25, 0.3) is 6.33 Å². The molecule has 346 valence electrons. The van der Waals surface area contributed by atoms with Gasteiger partial charge in [-0.05, 0) is 103 Å². The summed E-state index contributed by atoms with van der Waals surface area (Å²) < 4.78 is 101. The summed E-state index contributed by atoms with van der Waals surface area (Å²) in [6.45, 7) is 8.64. The van der Waals surface area contributed by atoms with Gasteiger partial charge in [0.05, 0.1) is 30.4 Å². The third-order valence-electron chi connectivity index (χ3n) is 12.7. The van der Waals surface area contributed by atoms with Gasteiger partial charge in [0.15, 0.2) is 0 Å². The summed E-state index contributed by atoms with van der Waals surface area (Å²) in [5.41, 5.74) is 9.50. The predicted molar refractivity (Wildman–Crippen MR) is 285 cm³/mol. The van der Waals surface area contributed by atoms with E-state index in [9.17, 15) is 5.48 Å². The number of aromatic nitrogens is 4. The summed E-state index contributed by atoms with van der Waals surface area (Å²) in [5.74, 6) is 1.50. The summed E-state index contributed by atoms with van der Waals surface area (Å²) in [4.78, 5) is 4.91. The first kappa shape index (κ1) is 35.1. The molecule has 9 aromatic carbocycles. The Hall–Kier alpha value is -8.11. The molecule has 3 heterocycles. The molecule has 12 aromatic rings. The normalized spacial score (nSPS) is 13.5. The number of pyridine rings is 1. The van der Waals surface area contributed by atoms with Crippen LogP contribution in [0.15, 0.2) is 218 Å². The van der Waals surface area contributed by atoms with Gasteiger partial charge >= 0.3 is 0 Å². The Labute approximate surface area is 443 Å². The average Bonchev–Trinajstić information content (AvgIpc) is 4.07. The van der Waals surface area contributed by atoms with Gasteiger partial charge in [0.2, 0.25) is 0 Å². The summed E-state index contributed by atoms with van der Waals surface area (Å²) >= 11 is 0. The molecule has 71 heavy (non-hydrogen) atoms. The van der Waals surface area contributed by atoms with Gasteiger partial charge in [-0.25, -0.2) is 4.98 Å². The molecule has 0 saturated carbocycles. The zero-order chi connectivity index (χ0) is 56.1. The molecule has 0 unspecified atom stereocenters. The van der Waals surface area contributed by atoms with Crippen LogP contribution in [0.5, 0.6) is 11.5 Å². The number of fused-ring (bicyclic) bond motifs is 4. The standard InChI is InChI=1S/C65H48N4O.Pt/c1-44-18-14-15-27-54(44)49-31-34-59-58(38-49)57-33-32-53(42-61(57)69(59)63-40-50(36-37-66-63)65(2,3)4)70-52-26-16-25-51(41-52)67-43-68(62-39-48(30-35-60(62)67)45-19-8-5-9-20-45)64-55(46-21-10-6-11-22-46)28-17-29-56(64)47-23-12-7-13-24-47;/h5-40H,1-4H3;/q-2;/i6D,7D,10D,11D,12D,13D,21D,22D,23D,24D;. The van der Waals surface area contributed by atoms with Crippen LogP contribution in [-0.2, 0) is 26.5 Å². The van der Waals surface area contributed by atoms with Gasteiger partial charge in [0.1, 0.15) is 5.82 Å². The molecule has 0 spiro atoms. The van der Waals surface area contributed by atoms with E-state index in [4.69, 9.17) is 17.9 Å². The van der Waals surface area contributed by atoms with Crippen LogP contribution in [0.3, 0.4) is 0 Å². The van der Waals surface area contributed by atoms with Gasteiger partial charge in [-0.2, -0.15) is 18.2 Å². The molecule has 0 N–H and O–H groups in total. The van der Waals surface area contributed by atoms with Crippen LogP contribution in [0.25, 0.3) is 94.5 Å². The first-order valence-corrected chi connectivity index (χ1v) is 23.0. The molecule has 6 heteroatoms. The fourth-order valence-corrected chi connectivity index (χ4v) is 9.26. The van der Waals surface area contributed by atoms with E-state index in [0.29, 0.717) is 28.2 Å². The van der Waals surface area contributed by atoms with Crippen molar-refractivity contribution in [2.75, 3.05) is 0 Å². The Balaban J connectivity index is 0.00000690. The molecule has 0 bridgehead atoms. The molecule has 5 nitrogen and oxygen atoms in total. The second kappa shape index (κ2) is 18.7. The zero-order valence-electron chi connectivity index (χ0n) is 49.0. The predicted octanol–water partition coefficient (Wildman–Crippen LogP) is 15.9. The number of hydrogen-bond acceptors (Lipinski definition) is 2. The molecule has 0 amide bonds. The van der Waals surface area contributed by atoms with Gasteiger partial charge in [-0.3, -0.25) is 4.57 Å². The quantitative estimate of drug-likeness (QED) is 0.107. The van der Waals surface area contributed by atoms with Crippen molar-refractivity contribution >= 4 is 32.8 Å². The molecule has 0 atom stereocenters. The number of para-hydroxylation sites is 1. The minimum absolute atomic E-state index is 0. The first-order chi connectivity index (χ1) is 38.4. The average molecular weight is 1110 g/mol. The van der Waals surface area contributed by atoms with Crippen LogP contribution in [0.2, 0.25) is 0 Å². The molecule has 3 aromatic heterocycles. The summed E-state index contributed by atoms with van der Waals surface area (Å²) in [5, 5.41) is 1.99. The smallest absolute Gasteiger partial charge is 0.268 e. The molecular weight excluding hydrogens is 1050 g/mol. The van der Waals surface area contributed by atoms with Crippen LogP contribution in [-0.4, -0.2) is 14.1 Å². The molecule has 12 rings (SSSR count). The molecule has 0 aliphatic carbocycles. The van der Waals surface area contributed by atoms with E-state index in [0.717, 1.165) is 55.4 Å². The van der Waals surface area contributed by atoms with E-state index in [-0.39, 0.29) is 54.4 Å². The molecule has 0 aliphatic heterocycles. The van der Waals surface area contributed by atoms with Gasteiger partial charge in [0, 0.05) is 44.3 Å². The van der Waals surface area contributed by atoms with Crippen LogP contribution in [0.4, 0.5) is 0 Å². The summed E-state index contributed by atoms with van der Waals surface area (Å²) in [7, 11) is 0. The Morgan fingerprint density at radius 3 is 1.96 bits per heavy atom. The topological polar surface area (TPSA) is 35.9 Å². The van der Waals surface area contributed by atoms with Gasteiger partial charge in [-0.15, -0.1) is 29.7 Å². The van der Waals surface area contributed by atoms with Crippen molar-refractivity contribution in [1.82, 2.24) is 14.1 Å². The van der Waals surface area contributed by atoms with Crippen molar-refractivity contribution in [2.24, 2.45) is 0 Å². The minimum atomic E-state index is -0.580. The fraction of sp³-hybridized carbons (Fsp3) is 0.0769. The number of rotatable bonds is 9. The SMILES string of the molecule is [2H]c1c([2H])c([2H])c(-c2cccc(-c3c([2H])c([2H])c([2H])c([2H])c3[2H])c2-[n+]2[c-]n(-c3[c-]c(Oc4[c-]c5c(cc4)c4cc(-c6ccccc6C)ccc4n5-c4cc(C(C)(C)C)ccn4)ccc3)c3ccc(-c4ccccc4)cc32)c([2H])c1[2H].[Pt]. The van der Waals surface area contributed by atoms with Gasteiger partial charge < -0.3 is 13.9 Å². The Morgan fingerprint density at radius 1 is 0.563 bits per heavy atom.